The first-order valence-corrected chi connectivity index (χ1v) is 4.49. The molecule has 4 heteroatoms. The van der Waals surface area contributed by atoms with E-state index in [1.165, 1.54) is 0 Å². The van der Waals surface area contributed by atoms with Crippen molar-refractivity contribution >= 4 is 17.5 Å². The molecule has 0 atom stereocenters. The van der Waals surface area contributed by atoms with Gasteiger partial charge in [0, 0.05) is 0 Å². The summed E-state index contributed by atoms with van der Waals surface area (Å²) in [6, 6.07) is 8.47. The maximum atomic E-state index is 11.4. The van der Waals surface area contributed by atoms with Gasteiger partial charge in [-0.2, -0.15) is 0 Å². The Hall–Kier alpha value is -2.36. The fraction of sp³-hybridized carbons (Fsp3) is 0. The molecule has 0 saturated heterocycles. The lowest BCUT2D eigenvalue weighted by Gasteiger charge is -2.10. The van der Waals surface area contributed by atoms with Crippen LogP contribution in [0.25, 0.3) is 5.76 Å². The zero-order valence-electron chi connectivity index (χ0n) is 8.29. The second-order valence-electron chi connectivity index (χ2n) is 2.93. The molecule has 1 rings (SSSR count). The molecule has 0 spiro atoms. The molecule has 0 radical (unpaired) electrons. The number of carbonyl (C=O) groups is 2. The Bertz CT molecular complexity index is 443. The van der Waals surface area contributed by atoms with Gasteiger partial charge in [0.1, 0.15) is 0 Å². The lowest BCUT2D eigenvalue weighted by Crippen LogP contribution is -2.08. The van der Waals surface area contributed by atoms with E-state index in [2.05, 4.69) is 0 Å². The van der Waals surface area contributed by atoms with Crippen LogP contribution in [-0.4, -0.2) is 16.9 Å². The average molecular weight is 217 g/mol. The van der Waals surface area contributed by atoms with E-state index in [-0.39, 0.29) is 5.76 Å². The zero-order valence-corrected chi connectivity index (χ0v) is 8.29. The van der Waals surface area contributed by atoms with Crippen LogP contribution in [0.15, 0.2) is 48.6 Å². The molecule has 1 N–H and O–H groups in total. The normalized spacial score (nSPS) is 11.6. The number of carbonyl (C=O) groups excluding carboxylic acids is 1. The number of allylic oxidation sites excluding steroid dienone is 2. The van der Waals surface area contributed by atoms with Gasteiger partial charge in [0.25, 0.3) is 5.78 Å². The van der Waals surface area contributed by atoms with Gasteiger partial charge in [0.15, 0.2) is 0 Å². The maximum Gasteiger partial charge on any atom is 0.376 e. The fourth-order valence-electron chi connectivity index (χ4n) is 0.993. The monoisotopic (exact) mass is 217 g/mol. The largest absolute Gasteiger partial charge is 0.872 e. The van der Waals surface area contributed by atoms with Gasteiger partial charge >= 0.3 is 5.97 Å². The highest BCUT2D eigenvalue weighted by molar-refractivity contribution is 6.37. The van der Waals surface area contributed by atoms with Crippen molar-refractivity contribution in [1.82, 2.24) is 0 Å². The Morgan fingerprint density at radius 3 is 2.38 bits per heavy atom. The van der Waals surface area contributed by atoms with Crippen molar-refractivity contribution in [3.8, 4) is 0 Å². The Morgan fingerprint density at radius 1 is 1.19 bits per heavy atom. The first kappa shape index (κ1) is 11.7. The third-order valence-electron chi connectivity index (χ3n) is 1.76. The van der Waals surface area contributed by atoms with Gasteiger partial charge in [-0.1, -0.05) is 42.5 Å². The predicted molar refractivity (Wildman–Crippen MR) is 56.2 cm³/mol. The summed E-state index contributed by atoms with van der Waals surface area (Å²) in [6.45, 7) is 0. The van der Waals surface area contributed by atoms with E-state index in [4.69, 9.17) is 5.11 Å². The number of benzene rings is 1. The summed E-state index contributed by atoms with van der Waals surface area (Å²) in [5.74, 6) is -2.89. The number of carboxylic acid groups (broad SMARTS) is 1. The molecule has 82 valence electrons. The quantitative estimate of drug-likeness (QED) is 0.346. The van der Waals surface area contributed by atoms with Crippen molar-refractivity contribution in [3.63, 3.8) is 0 Å². The summed E-state index contributed by atoms with van der Waals surface area (Å²) in [5.41, 5.74) is 0.481. The predicted octanol–water partition coefficient (Wildman–Crippen LogP) is 0.598. The lowest BCUT2D eigenvalue weighted by atomic mass is 10.2. The third kappa shape index (κ3) is 3.42. The SMILES string of the molecule is O=C(O)C(=O)C=CC=C([O-])c1ccccc1. The van der Waals surface area contributed by atoms with Crippen molar-refractivity contribution in [2.45, 2.75) is 0 Å². The van der Waals surface area contributed by atoms with E-state index in [1.54, 1.807) is 30.3 Å². The van der Waals surface area contributed by atoms with E-state index in [0.29, 0.717) is 5.56 Å². The van der Waals surface area contributed by atoms with Crippen LogP contribution >= 0.6 is 0 Å². The Morgan fingerprint density at radius 2 is 1.81 bits per heavy atom. The van der Waals surface area contributed by atoms with E-state index in [9.17, 15) is 14.7 Å². The molecular formula is C12H9O4-. The van der Waals surface area contributed by atoms with Crippen LogP contribution in [0.4, 0.5) is 0 Å². The Kier molecular flexibility index (Phi) is 4.03. The number of rotatable bonds is 4. The molecule has 0 saturated carbocycles. The van der Waals surface area contributed by atoms with Crippen molar-refractivity contribution in [1.29, 1.82) is 0 Å². The van der Waals surface area contributed by atoms with Crippen molar-refractivity contribution < 1.29 is 19.8 Å². The van der Waals surface area contributed by atoms with Crippen LogP contribution in [-0.2, 0) is 9.59 Å². The molecule has 0 aliphatic carbocycles. The Labute approximate surface area is 92.2 Å². The average Bonchev–Trinajstić information content (AvgIpc) is 2.29. The standard InChI is InChI=1S/C12H10O4/c13-10(9-5-2-1-3-6-9)7-4-8-11(14)12(15)16/h1-8,13H,(H,15,16)/p-1. The van der Waals surface area contributed by atoms with Gasteiger partial charge in [-0.25, -0.2) is 4.79 Å². The number of hydrogen-bond acceptors (Lipinski definition) is 3. The maximum absolute atomic E-state index is 11.4. The summed E-state index contributed by atoms with van der Waals surface area (Å²) in [4.78, 5) is 20.8. The van der Waals surface area contributed by atoms with Crippen LogP contribution in [0.5, 0.6) is 0 Å². The van der Waals surface area contributed by atoms with E-state index in [1.807, 2.05) is 0 Å². The molecular weight excluding hydrogens is 208 g/mol. The van der Waals surface area contributed by atoms with E-state index >= 15 is 0 Å². The molecule has 0 aliphatic heterocycles. The molecule has 0 fully saturated rings. The number of carboxylic acids is 1. The highest BCUT2D eigenvalue weighted by Crippen LogP contribution is 2.06. The number of hydrogen-bond donors (Lipinski definition) is 1. The highest BCUT2D eigenvalue weighted by Gasteiger charge is 2.04. The Balaban J connectivity index is 2.72. The minimum absolute atomic E-state index is 0.282. The highest BCUT2D eigenvalue weighted by atomic mass is 16.4. The van der Waals surface area contributed by atoms with E-state index in [0.717, 1.165) is 18.2 Å². The van der Waals surface area contributed by atoms with E-state index < -0.39 is 11.8 Å². The molecule has 16 heavy (non-hydrogen) atoms. The lowest BCUT2D eigenvalue weighted by molar-refractivity contribution is -0.243. The van der Waals surface area contributed by atoms with Crippen molar-refractivity contribution in [2.24, 2.45) is 0 Å². The first-order valence-electron chi connectivity index (χ1n) is 4.49. The topological polar surface area (TPSA) is 77.4 Å². The minimum Gasteiger partial charge on any atom is -0.872 e. The number of ketones is 1. The first-order chi connectivity index (χ1) is 7.61. The second-order valence-corrected chi connectivity index (χ2v) is 2.93. The third-order valence-corrected chi connectivity index (χ3v) is 1.76. The van der Waals surface area contributed by atoms with Crippen LogP contribution < -0.4 is 5.11 Å². The fourth-order valence-corrected chi connectivity index (χ4v) is 0.993. The van der Waals surface area contributed by atoms with Gasteiger partial charge < -0.3 is 10.2 Å². The molecule has 0 bridgehead atoms. The summed E-state index contributed by atoms with van der Waals surface area (Å²) in [7, 11) is 0. The van der Waals surface area contributed by atoms with Crippen LogP contribution in [0, 0.1) is 0 Å². The van der Waals surface area contributed by atoms with Gasteiger partial charge in [-0.15, -0.1) is 5.76 Å². The molecule has 4 nitrogen and oxygen atoms in total. The minimum atomic E-state index is -1.54. The molecule has 0 aliphatic rings. The van der Waals surface area contributed by atoms with Crippen LogP contribution in [0.1, 0.15) is 5.56 Å². The summed E-state index contributed by atoms with van der Waals surface area (Å²) in [6.07, 6.45) is 3.12. The van der Waals surface area contributed by atoms with Gasteiger partial charge in [0.2, 0.25) is 0 Å². The molecule has 0 heterocycles. The summed E-state index contributed by atoms with van der Waals surface area (Å²) >= 11 is 0. The zero-order chi connectivity index (χ0) is 12.0. The van der Waals surface area contributed by atoms with Crippen LogP contribution in [0.3, 0.4) is 0 Å². The second kappa shape index (κ2) is 5.50. The van der Waals surface area contributed by atoms with Gasteiger partial charge in [0.05, 0.1) is 0 Å². The molecule has 0 unspecified atom stereocenters. The van der Waals surface area contributed by atoms with Gasteiger partial charge in [-0.3, -0.25) is 4.79 Å². The summed E-state index contributed by atoms with van der Waals surface area (Å²) < 4.78 is 0. The molecule has 0 amide bonds. The molecule has 1 aromatic rings. The molecule has 0 aromatic heterocycles. The summed E-state index contributed by atoms with van der Waals surface area (Å²) in [5, 5.41) is 19.7. The van der Waals surface area contributed by atoms with Gasteiger partial charge in [-0.05, 0) is 11.6 Å². The van der Waals surface area contributed by atoms with Crippen molar-refractivity contribution in [2.75, 3.05) is 0 Å². The molecule has 1 aromatic carbocycles. The van der Waals surface area contributed by atoms with Crippen molar-refractivity contribution in [3.05, 3.63) is 54.1 Å². The number of aliphatic carboxylic acids is 1. The smallest absolute Gasteiger partial charge is 0.376 e. The van der Waals surface area contributed by atoms with Crippen LogP contribution in [0.2, 0.25) is 0 Å².